The third-order valence-corrected chi connectivity index (χ3v) is 7.67. The number of rotatable bonds is 6. The van der Waals surface area contributed by atoms with Gasteiger partial charge in [-0.2, -0.15) is 0 Å². The van der Waals surface area contributed by atoms with Crippen LogP contribution in [0.2, 0.25) is 0 Å². The predicted octanol–water partition coefficient (Wildman–Crippen LogP) is 6.32. The second-order valence-corrected chi connectivity index (χ2v) is 10.8. The van der Waals surface area contributed by atoms with E-state index in [1.807, 2.05) is 18.2 Å². The van der Waals surface area contributed by atoms with Crippen molar-refractivity contribution in [3.05, 3.63) is 46.5 Å². The molecule has 164 valence electrons. The Kier molecular flexibility index (Phi) is 6.46. The monoisotopic (exact) mass is 429 g/mol. The summed E-state index contributed by atoms with van der Waals surface area (Å²) in [6, 6.07) is 7.38. The van der Waals surface area contributed by atoms with Crippen molar-refractivity contribution >= 4 is 13.4 Å². The zero-order valence-electron chi connectivity index (χ0n) is 18.5. The average molecular weight is 430 g/mol. The van der Waals surface area contributed by atoms with Gasteiger partial charge in [-0.05, 0) is 74.5 Å². The molecule has 0 aliphatic heterocycles. The number of methoxy groups -OCH3 is 1. The van der Waals surface area contributed by atoms with Crippen LogP contribution in [0.15, 0.2) is 41.0 Å². The molecule has 1 aromatic rings. The molecule has 0 N–H and O–H groups in total. The van der Waals surface area contributed by atoms with Gasteiger partial charge in [-0.15, -0.1) is 0 Å². The van der Waals surface area contributed by atoms with Crippen LogP contribution in [-0.2, 0) is 9.30 Å². The number of fused-ring (bicyclic) bond motifs is 3. The highest BCUT2D eigenvalue weighted by Crippen LogP contribution is 2.56. The fourth-order valence-electron chi connectivity index (χ4n) is 6.21. The van der Waals surface area contributed by atoms with Crippen molar-refractivity contribution in [2.24, 2.45) is 17.8 Å². The largest absolute Gasteiger partial charge is 0.769 e. The van der Waals surface area contributed by atoms with Crippen molar-refractivity contribution in [3.8, 4) is 5.75 Å². The summed E-state index contributed by atoms with van der Waals surface area (Å²) in [5.41, 5.74) is 5.85. The maximum Gasteiger partial charge on any atom is 0.181 e. The molecule has 30 heavy (non-hydrogen) atoms. The number of hydrogen-bond donors (Lipinski definition) is 0. The maximum atomic E-state index is 11.6. The first-order valence-corrected chi connectivity index (χ1v) is 13.5. The summed E-state index contributed by atoms with van der Waals surface area (Å²) in [7, 11) is -2.10. The van der Waals surface area contributed by atoms with Crippen LogP contribution in [-0.4, -0.2) is 13.8 Å². The molecular weight excluding hydrogens is 395 g/mol. The topological polar surface area (TPSA) is 58.6 Å². The standard InChI is InChI=1S/C25H35O4P/c1-4-9-19-20-12-5-6-13-21(20)23-15-8-14-22(19)24(23)25(28-2)17-10-7-11-18(16-17)29-30(3,26)27/h7,10-11,16,19,22-23H,4-6,8-9,12-15H2,1-3H3,(H,26,27)/p-1/b25-24+. The molecule has 5 heteroatoms. The van der Waals surface area contributed by atoms with E-state index in [0.717, 1.165) is 18.0 Å². The van der Waals surface area contributed by atoms with Gasteiger partial charge in [0.2, 0.25) is 0 Å². The number of ether oxygens (including phenoxy) is 1. The molecule has 4 atom stereocenters. The molecule has 0 saturated heterocycles. The lowest BCUT2D eigenvalue weighted by Crippen LogP contribution is -2.36. The van der Waals surface area contributed by atoms with E-state index < -0.39 is 7.60 Å². The second kappa shape index (κ2) is 8.93. The Bertz CT molecular complexity index is 894. The van der Waals surface area contributed by atoms with E-state index >= 15 is 0 Å². The molecule has 1 saturated carbocycles. The Morgan fingerprint density at radius 2 is 1.93 bits per heavy atom. The average Bonchev–Trinajstić information content (AvgIpc) is 2.71. The summed E-state index contributed by atoms with van der Waals surface area (Å²) < 4.78 is 22.9. The molecule has 1 fully saturated rings. The van der Waals surface area contributed by atoms with Crippen LogP contribution >= 0.6 is 7.60 Å². The van der Waals surface area contributed by atoms with Gasteiger partial charge in [-0.25, -0.2) is 0 Å². The smallest absolute Gasteiger partial charge is 0.181 e. The van der Waals surface area contributed by atoms with Gasteiger partial charge >= 0.3 is 0 Å². The van der Waals surface area contributed by atoms with Gasteiger partial charge in [0.15, 0.2) is 7.60 Å². The molecule has 0 spiro atoms. The van der Waals surface area contributed by atoms with Gasteiger partial charge in [0.05, 0.1) is 7.11 Å². The summed E-state index contributed by atoms with van der Waals surface area (Å²) in [6.07, 6.45) is 11.3. The molecule has 1 aromatic carbocycles. The van der Waals surface area contributed by atoms with Crippen LogP contribution in [0.3, 0.4) is 0 Å². The molecule has 4 rings (SSSR count). The summed E-state index contributed by atoms with van der Waals surface area (Å²) in [6.45, 7) is 3.40. The molecule has 4 nitrogen and oxygen atoms in total. The Labute approximate surface area is 180 Å². The lowest BCUT2D eigenvalue weighted by atomic mass is 9.57. The van der Waals surface area contributed by atoms with Crippen LogP contribution in [0.25, 0.3) is 5.76 Å². The first-order chi connectivity index (χ1) is 14.4. The predicted molar refractivity (Wildman–Crippen MR) is 119 cm³/mol. The molecule has 3 aliphatic carbocycles. The van der Waals surface area contributed by atoms with Crippen LogP contribution in [0, 0.1) is 17.8 Å². The van der Waals surface area contributed by atoms with E-state index in [9.17, 15) is 9.46 Å². The molecule has 0 amide bonds. The van der Waals surface area contributed by atoms with Crippen LogP contribution in [0.1, 0.15) is 70.3 Å². The number of allylic oxidation sites excluding steroid dienone is 3. The Morgan fingerprint density at radius 3 is 2.63 bits per heavy atom. The van der Waals surface area contributed by atoms with Crippen LogP contribution < -0.4 is 9.42 Å². The van der Waals surface area contributed by atoms with Gasteiger partial charge < -0.3 is 14.2 Å². The van der Waals surface area contributed by atoms with Crippen molar-refractivity contribution in [2.45, 2.75) is 64.7 Å². The molecule has 0 heterocycles. The van der Waals surface area contributed by atoms with E-state index in [-0.39, 0.29) is 0 Å². The van der Waals surface area contributed by atoms with Crippen molar-refractivity contribution < 1.29 is 18.7 Å². The Hall–Kier alpha value is -1.51. The van der Waals surface area contributed by atoms with Gasteiger partial charge in [0, 0.05) is 18.1 Å². The van der Waals surface area contributed by atoms with E-state index in [1.165, 1.54) is 63.4 Å². The number of benzene rings is 1. The van der Waals surface area contributed by atoms with Crippen molar-refractivity contribution in [1.29, 1.82) is 0 Å². The zero-order chi connectivity index (χ0) is 21.3. The maximum absolute atomic E-state index is 11.6. The highest BCUT2D eigenvalue weighted by molar-refractivity contribution is 7.50. The van der Waals surface area contributed by atoms with Crippen molar-refractivity contribution in [1.82, 2.24) is 0 Å². The summed E-state index contributed by atoms with van der Waals surface area (Å²) in [4.78, 5) is 11.6. The van der Waals surface area contributed by atoms with E-state index in [1.54, 1.807) is 24.3 Å². The molecular formula is C25H34O4P-. The summed E-state index contributed by atoms with van der Waals surface area (Å²) in [5, 5.41) is 0. The van der Waals surface area contributed by atoms with E-state index in [0.29, 0.717) is 23.5 Å². The van der Waals surface area contributed by atoms with Crippen LogP contribution in [0.4, 0.5) is 0 Å². The minimum Gasteiger partial charge on any atom is -0.769 e. The first-order valence-electron chi connectivity index (χ1n) is 11.5. The second-order valence-electron chi connectivity index (χ2n) is 9.12. The first kappa shape index (κ1) is 21.7. The molecule has 0 aromatic heterocycles. The van der Waals surface area contributed by atoms with Gasteiger partial charge in [0.1, 0.15) is 11.5 Å². The third-order valence-electron chi connectivity index (χ3n) is 7.12. The lowest BCUT2D eigenvalue weighted by molar-refractivity contribution is -0.188. The van der Waals surface area contributed by atoms with Gasteiger partial charge in [-0.3, -0.25) is 4.57 Å². The molecule has 2 bridgehead atoms. The summed E-state index contributed by atoms with van der Waals surface area (Å²) >= 11 is 0. The molecule has 4 unspecified atom stereocenters. The zero-order valence-corrected chi connectivity index (χ0v) is 19.4. The number of hydrogen-bond acceptors (Lipinski definition) is 4. The van der Waals surface area contributed by atoms with Gasteiger partial charge in [-0.1, -0.05) is 43.0 Å². The quantitative estimate of drug-likeness (QED) is 0.301. The fraction of sp³-hybridized carbons (Fsp3) is 0.600. The lowest BCUT2D eigenvalue weighted by Gasteiger charge is -2.48. The highest BCUT2D eigenvalue weighted by atomic mass is 31.2. The third kappa shape index (κ3) is 4.27. The van der Waals surface area contributed by atoms with Crippen LogP contribution in [0.5, 0.6) is 5.75 Å². The van der Waals surface area contributed by atoms with Gasteiger partial charge in [0.25, 0.3) is 0 Å². The van der Waals surface area contributed by atoms with Crippen molar-refractivity contribution in [3.63, 3.8) is 0 Å². The fourth-order valence-corrected chi connectivity index (χ4v) is 6.71. The SMILES string of the molecule is CCCC1C2=C(CCCC2)C2CCCC1/C2=C(\OC)c1cccc(OP(C)(=O)[O-])c1. The minimum absolute atomic E-state index is 0.354. The molecule has 3 aliphatic rings. The van der Waals surface area contributed by atoms with E-state index in [4.69, 9.17) is 9.26 Å². The Morgan fingerprint density at radius 1 is 1.17 bits per heavy atom. The minimum atomic E-state index is -3.85. The highest BCUT2D eigenvalue weighted by Gasteiger charge is 2.44. The Balaban J connectivity index is 1.83. The van der Waals surface area contributed by atoms with Crippen molar-refractivity contribution in [2.75, 3.05) is 13.8 Å². The normalized spacial score (nSPS) is 29.7. The van der Waals surface area contributed by atoms with E-state index in [2.05, 4.69) is 6.92 Å². The molecule has 0 radical (unpaired) electrons. The summed E-state index contributed by atoms with van der Waals surface area (Å²) in [5.74, 6) is 2.96.